The number of ether oxygens (including phenoxy) is 2. The molecule has 0 bridgehead atoms. The van der Waals surface area contributed by atoms with Crippen LogP contribution in [0.2, 0.25) is 5.02 Å². The molecule has 1 amide bonds. The molecule has 0 spiro atoms. The van der Waals surface area contributed by atoms with Gasteiger partial charge in [-0.25, -0.2) is 4.39 Å². The van der Waals surface area contributed by atoms with E-state index >= 15 is 0 Å². The van der Waals surface area contributed by atoms with E-state index in [2.05, 4.69) is 15.5 Å². The molecule has 3 aromatic rings. The number of primary amides is 1. The van der Waals surface area contributed by atoms with Crippen molar-refractivity contribution in [3.05, 3.63) is 70.6 Å². The topological polar surface area (TPSA) is 99.4 Å². The normalized spacial score (nSPS) is 14.8. The fourth-order valence-electron chi connectivity index (χ4n) is 3.59. The number of nitrogens with two attached hydrogens (primary N) is 1. The Hall–Kier alpha value is -3.07. The van der Waals surface area contributed by atoms with Gasteiger partial charge in [0, 0.05) is 5.69 Å². The van der Waals surface area contributed by atoms with Gasteiger partial charge in [0.05, 0.1) is 41.3 Å². The van der Waals surface area contributed by atoms with Gasteiger partial charge in [0.15, 0.2) is 5.69 Å². The van der Waals surface area contributed by atoms with E-state index in [9.17, 15) is 9.18 Å². The molecule has 0 atom stereocenters. The lowest BCUT2D eigenvalue weighted by Crippen LogP contribution is -2.50. The van der Waals surface area contributed by atoms with Crippen LogP contribution in [0.4, 0.5) is 15.8 Å². The summed E-state index contributed by atoms with van der Waals surface area (Å²) in [6.45, 7) is 4.95. The number of hydrogen-bond acceptors (Lipinski definition) is 6. The molecule has 0 aliphatic carbocycles. The first-order chi connectivity index (χ1) is 15.3. The summed E-state index contributed by atoms with van der Waals surface area (Å²) in [5.41, 5.74) is 7.14. The summed E-state index contributed by atoms with van der Waals surface area (Å²) in [5.74, 6) is -1.31. The first-order valence-electron chi connectivity index (χ1n) is 10.0. The molecule has 0 saturated carbocycles. The summed E-state index contributed by atoms with van der Waals surface area (Å²) in [7, 11) is 0. The molecule has 2 heterocycles. The zero-order chi connectivity index (χ0) is 22.9. The summed E-state index contributed by atoms with van der Waals surface area (Å²) in [6.07, 6.45) is 0.0568. The van der Waals surface area contributed by atoms with E-state index in [1.165, 1.54) is 18.2 Å². The van der Waals surface area contributed by atoms with Gasteiger partial charge >= 0.3 is 0 Å². The van der Waals surface area contributed by atoms with Crippen LogP contribution < -0.4 is 11.1 Å². The Morgan fingerprint density at radius 3 is 2.50 bits per heavy atom. The number of aromatic nitrogens is 2. The van der Waals surface area contributed by atoms with E-state index in [0.29, 0.717) is 18.9 Å². The number of carbonyl (C=O) groups is 1. The third-order valence-electron chi connectivity index (χ3n) is 5.07. The lowest BCUT2D eigenvalue weighted by Gasteiger charge is -2.43. The molecule has 32 heavy (non-hydrogen) atoms. The van der Waals surface area contributed by atoms with Gasteiger partial charge < -0.3 is 20.5 Å². The highest BCUT2D eigenvalue weighted by atomic mass is 35.5. The highest BCUT2D eigenvalue weighted by Gasteiger charge is 2.42. The molecule has 1 aliphatic rings. The summed E-state index contributed by atoms with van der Waals surface area (Å²) in [6, 6.07) is 13.4. The monoisotopic (exact) mass is 456 g/mol. The molecular formula is C23H22ClFN4O3. The smallest absolute Gasteiger partial charge is 0.271 e. The van der Waals surface area contributed by atoms with Gasteiger partial charge in [-0.2, -0.15) is 0 Å². The van der Waals surface area contributed by atoms with Crippen molar-refractivity contribution in [3.8, 4) is 11.3 Å². The van der Waals surface area contributed by atoms with Crippen LogP contribution in [0.15, 0.2) is 48.5 Å². The summed E-state index contributed by atoms with van der Waals surface area (Å²) < 4.78 is 25.8. The van der Waals surface area contributed by atoms with Gasteiger partial charge in [0.2, 0.25) is 0 Å². The number of anilines is 2. The standard InChI is InChI=1S/C23H22ClFN4O3/c1-13(2)32-23(11-31-12-23)14-6-8-15(9-7-14)27-19-10-18(28-29-21(19)22(26)30)20-16(24)4-3-5-17(20)25/h3-10,13H,11-12H2,1-2H3,(H2,26,30)(H,27,28). The van der Waals surface area contributed by atoms with E-state index in [-0.39, 0.29) is 33.8 Å². The summed E-state index contributed by atoms with van der Waals surface area (Å²) in [4.78, 5) is 11.9. The van der Waals surface area contributed by atoms with Crippen molar-refractivity contribution in [2.75, 3.05) is 18.5 Å². The van der Waals surface area contributed by atoms with Gasteiger partial charge in [-0.15, -0.1) is 10.2 Å². The number of carbonyl (C=O) groups excluding carboxylic acids is 1. The zero-order valence-corrected chi connectivity index (χ0v) is 18.3. The quantitative estimate of drug-likeness (QED) is 0.545. The minimum Gasteiger partial charge on any atom is -0.375 e. The fraction of sp³-hybridized carbons (Fsp3) is 0.261. The van der Waals surface area contributed by atoms with Crippen molar-refractivity contribution in [2.45, 2.75) is 25.6 Å². The van der Waals surface area contributed by atoms with Crippen LogP contribution in [0.5, 0.6) is 0 Å². The third kappa shape index (κ3) is 4.29. The van der Waals surface area contributed by atoms with Crippen LogP contribution in [0, 0.1) is 5.82 Å². The predicted octanol–water partition coefficient (Wildman–Crippen LogP) is 4.43. The second kappa shape index (κ2) is 8.82. The largest absolute Gasteiger partial charge is 0.375 e. The fourth-order valence-corrected chi connectivity index (χ4v) is 3.85. The van der Waals surface area contributed by atoms with Crippen LogP contribution >= 0.6 is 11.6 Å². The van der Waals surface area contributed by atoms with Gasteiger partial charge in [-0.1, -0.05) is 29.8 Å². The van der Waals surface area contributed by atoms with Gasteiger partial charge in [-0.3, -0.25) is 4.79 Å². The van der Waals surface area contributed by atoms with Crippen LogP contribution in [-0.2, 0) is 15.1 Å². The highest BCUT2D eigenvalue weighted by Crippen LogP contribution is 2.36. The maximum absolute atomic E-state index is 14.4. The van der Waals surface area contributed by atoms with Gasteiger partial charge in [0.25, 0.3) is 5.91 Å². The molecule has 4 rings (SSSR count). The highest BCUT2D eigenvalue weighted by molar-refractivity contribution is 6.33. The zero-order valence-electron chi connectivity index (χ0n) is 17.6. The maximum atomic E-state index is 14.4. The number of rotatable bonds is 7. The van der Waals surface area contributed by atoms with Crippen LogP contribution in [0.25, 0.3) is 11.3 Å². The van der Waals surface area contributed by atoms with Crippen LogP contribution in [0.3, 0.4) is 0 Å². The number of nitrogens with zero attached hydrogens (tertiary/aromatic N) is 2. The van der Waals surface area contributed by atoms with E-state index < -0.39 is 17.3 Å². The molecule has 0 unspecified atom stereocenters. The first-order valence-corrected chi connectivity index (χ1v) is 10.4. The van der Waals surface area contributed by atoms with E-state index in [1.54, 1.807) is 6.07 Å². The molecule has 1 aromatic heterocycles. The van der Waals surface area contributed by atoms with Crippen molar-refractivity contribution in [1.29, 1.82) is 0 Å². The van der Waals surface area contributed by atoms with E-state index in [1.807, 2.05) is 38.1 Å². The Kier molecular flexibility index (Phi) is 6.10. The van der Waals surface area contributed by atoms with Crippen molar-refractivity contribution in [1.82, 2.24) is 10.2 Å². The molecule has 0 radical (unpaired) electrons. The molecule has 1 fully saturated rings. The average Bonchev–Trinajstić information content (AvgIpc) is 2.71. The Morgan fingerprint density at radius 2 is 1.94 bits per heavy atom. The summed E-state index contributed by atoms with van der Waals surface area (Å²) in [5, 5.41) is 11.1. The Labute approximate surface area is 189 Å². The molecule has 3 N–H and O–H groups in total. The lowest BCUT2D eigenvalue weighted by molar-refractivity contribution is -0.232. The number of hydrogen-bond donors (Lipinski definition) is 2. The predicted molar refractivity (Wildman–Crippen MR) is 119 cm³/mol. The van der Waals surface area contributed by atoms with E-state index in [4.69, 9.17) is 26.8 Å². The van der Waals surface area contributed by atoms with Crippen molar-refractivity contribution < 1.29 is 18.7 Å². The number of nitrogens with one attached hydrogen (secondary N) is 1. The second-order valence-electron chi connectivity index (χ2n) is 7.81. The van der Waals surface area contributed by atoms with Gasteiger partial charge in [0.1, 0.15) is 11.4 Å². The van der Waals surface area contributed by atoms with Crippen molar-refractivity contribution in [2.24, 2.45) is 5.73 Å². The Morgan fingerprint density at radius 1 is 1.22 bits per heavy atom. The second-order valence-corrected chi connectivity index (χ2v) is 8.22. The molecule has 9 heteroatoms. The van der Waals surface area contributed by atoms with Crippen molar-refractivity contribution >= 4 is 28.9 Å². The minimum absolute atomic E-state index is 0.0568. The minimum atomic E-state index is -0.765. The molecule has 1 aliphatic heterocycles. The molecule has 1 saturated heterocycles. The van der Waals surface area contributed by atoms with Crippen molar-refractivity contribution in [3.63, 3.8) is 0 Å². The van der Waals surface area contributed by atoms with Crippen LogP contribution in [-0.4, -0.2) is 35.4 Å². The number of benzene rings is 2. The maximum Gasteiger partial charge on any atom is 0.271 e. The molecule has 7 nitrogen and oxygen atoms in total. The third-order valence-corrected chi connectivity index (χ3v) is 5.38. The number of halogens is 2. The molecule has 2 aromatic carbocycles. The average molecular weight is 457 g/mol. The molecule has 166 valence electrons. The first kappa shape index (κ1) is 22.1. The SMILES string of the molecule is CC(C)OC1(c2ccc(Nc3cc(-c4c(F)cccc4Cl)nnc3C(N)=O)cc2)COC1. The Bertz CT molecular complexity index is 1130. The van der Waals surface area contributed by atoms with E-state index in [0.717, 1.165) is 5.56 Å². The van der Waals surface area contributed by atoms with Crippen LogP contribution in [0.1, 0.15) is 29.9 Å². The number of amides is 1. The Balaban J connectivity index is 1.65. The van der Waals surface area contributed by atoms with Gasteiger partial charge in [-0.05, 0) is 49.7 Å². The molecular weight excluding hydrogens is 435 g/mol. The lowest BCUT2D eigenvalue weighted by atomic mass is 9.91. The summed E-state index contributed by atoms with van der Waals surface area (Å²) >= 11 is 6.15.